The van der Waals surface area contributed by atoms with Crippen molar-refractivity contribution in [1.29, 1.82) is 0 Å². The quantitative estimate of drug-likeness (QED) is 0.135. The van der Waals surface area contributed by atoms with Gasteiger partial charge in [-0.2, -0.15) is 0 Å². The molecule has 0 radical (unpaired) electrons. The van der Waals surface area contributed by atoms with Crippen LogP contribution in [0.2, 0.25) is 0 Å². The average molecular weight is 619 g/mol. The summed E-state index contributed by atoms with van der Waals surface area (Å²) >= 11 is 0. The van der Waals surface area contributed by atoms with Gasteiger partial charge in [0, 0.05) is 38.9 Å². The van der Waals surface area contributed by atoms with Crippen molar-refractivity contribution in [3.63, 3.8) is 0 Å². The number of benzene rings is 1. The fourth-order valence-corrected chi connectivity index (χ4v) is 4.48. The van der Waals surface area contributed by atoms with Crippen LogP contribution in [0, 0.1) is 0 Å². The molecule has 1 aliphatic rings. The molecule has 1 fully saturated rings. The maximum atomic E-state index is 13.6. The second-order valence-corrected chi connectivity index (χ2v) is 10.1. The first-order valence-electron chi connectivity index (χ1n) is 14.1. The molecule has 242 valence electrons. The Morgan fingerprint density at radius 1 is 1.02 bits per heavy atom. The number of ether oxygens (including phenoxy) is 3. The Hall–Kier alpha value is -4.79. The third-order valence-corrected chi connectivity index (χ3v) is 6.66. The van der Waals surface area contributed by atoms with Crippen LogP contribution in [-0.2, 0) is 25.5 Å². The van der Waals surface area contributed by atoms with Gasteiger partial charge in [-0.3, -0.25) is 9.59 Å². The molecule has 8 N–H and O–H groups in total. The minimum absolute atomic E-state index is 0.00134. The van der Waals surface area contributed by atoms with Crippen molar-refractivity contribution in [2.45, 2.75) is 62.5 Å². The molecule has 2 rings (SSSR count). The van der Waals surface area contributed by atoms with E-state index >= 15 is 0 Å². The van der Waals surface area contributed by atoms with Gasteiger partial charge in [0.15, 0.2) is 6.10 Å². The molecule has 0 saturated heterocycles. The molecule has 44 heavy (non-hydrogen) atoms. The molecule has 0 aromatic heterocycles. The van der Waals surface area contributed by atoms with E-state index in [-0.39, 0.29) is 19.5 Å². The number of rotatable bonds is 15. The minimum Gasteiger partial charge on any atom is -0.497 e. The number of methoxy groups -OCH3 is 1. The van der Waals surface area contributed by atoms with Crippen LogP contribution in [0.3, 0.4) is 0 Å². The van der Waals surface area contributed by atoms with E-state index in [9.17, 15) is 29.1 Å². The topological polar surface area (TPSA) is 219 Å². The van der Waals surface area contributed by atoms with E-state index in [1.54, 1.807) is 24.3 Å². The highest BCUT2D eigenvalue weighted by Crippen LogP contribution is 2.33. The molecular weight excluding hydrogens is 576 g/mol. The molecule has 6 amide bonds. The summed E-state index contributed by atoms with van der Waals surface area (Å²) in [4.78, 5) is 63.6. The number of aliphatic hydroxyl groups is 1. The molecule has 1 aromatic rings. The van der Waals surface area contributed by atoms with Gasteiger partial charge in [-0.25, -0.2) is 14.4 Å². The number of primary amides is 1. The number of hydrogen-bond donors (Lipinski definition) is 7. The SMILES string of the molecule is C=CCNC(=O)OC1CC(O)(C(=O)NC(Cc2ccc(OC)cc2)C(N)=O)CC(NC(=O)NCCC)C1OC(=O)NCC=C. The predicted octanol–water partition coefficient (Wildman–Crippen LogP) is 0.372. The summed E-state index contributed by atoms with van der Waals surface area (Å²) in [5.41, 5.74) is 3.92. The largest absolute Gasteiger partial charge is 0.497 e. The minimum atomic E-state index is -2.31. The fraction of sp³-hybridized carbons (Fsp3) is 0.483. The van der Waals surface area contributed by atoms with Crippen molar-refractivity contribution < 1.29 is 43.3 Å². The first kappa shape index (κ1) is 35.4. The highest BCUT2D eigenvalue weighted by molar-refractivity contribution is 5.91. The van der Waals surface area contributed by atoms with Crippen LogP contribution >= 0.6 is 0 Å². The number of nitrogens with one attached hydrogen (secondary N) is 5. The number of amides is 6. The van der Waals surface area contributed by atoms with Crippen molar-refractivity contribution in [2.75, 3.05) is 26.7 Å². The van der Waals surface area contributed by atoms with E-state index in [4.69, 9.17) is 19.9 Å². The van der Waals surface area contributed by atoms with E-state index in [0.29, 0.717) is 24.3 Å². The lowest BCUT2D eigenvalue weighted by Gasteiger charge is -2.44. The van der Waals surface area contributed by atoms with Gasteiger partial charge in [-0.15, -0.1) is 13.2 Å². The molecule has 5 unspecified atom stereocenters. The molecule has 15 nitrogen and oxygen atoms in total. The van der Waals surface area contributed by atoms with Crippen LogP contribution in [0.4, 0.5) is 14.4 Å². The highest BCUT2D eigenvalue weighted by Gasteiger charge is 2.53. The zero-order valence-corrected chi connectivity index (χ0v) is 24.9. The molecule has 15 heteroatoms. The van der Waals surface area contributed by atoms with E-state index in [1.807, 2.05) is 6.92 Å². The van der Waals surface area contributed by atoms with Gasteiger partial charge in [-0.05, 0) is 24.1 Å². The lowest BCUT2D eigenvalue weighted by atomic mass is 9.77. The fourth-order valence-electron chi connectivity index (χ4n) is 4.48. The Morgan fingerprint density at radius 2 is 1.64 bits per heavy atom. The summed E-state index contributed by atoms with van der Waals surface area (Å²) in [7, 11) is 1.51. The maximum Gasteiger partial charge on any atom is 0.407 e. The number of nitrogens with two attached hydrogens (primary N) is 1. The Kier molecular flexibility index (Phi) is 14.0. The monoisotopic (exact) mass is 618 g/mol. The molecule has 1 saturated carbocycles. The van der Waals surface area contributed by atoms with Crippen LogP contribution in [-0.4, -0.2) is 91.8 Å². The van der Waals surface area contributed by atoms with Gasteiger partial charge in [-0.1, -0.05) is 31.2 Å². The number of hydrogen-bond acceptors (Lipinski definition) is 9. The number of carbonyl (C=O) groups is 5. The smallest absolute Gasteiger partial charge is 0.407 e. The van der Waals surface area contributed by atoms with Crippen LogP contribution in [0.25, 0.3) is 0 Å². The summed E-state index contributed by atoms with van der Waals surface area (Å²) < 4.78 is 16.1. The number of alkyl carbamates (subject to hydrolysis) is 2. The second kappa shape index (κ2) is 17.4. The van der Waals surface area contributed by atoms with Crippen LogP contribution in [0.15, 0.2) is 49.6 Å². The van der Waals surface area contributed by atoms with Crippen LogP contribution in [0.5, 0.6) is 5.75 Å². The van der Waals surface area contributed by atoms with Crippen molar-refractivity contribution in [3.05, 3.63) is 55.1 Å². The van der Waals surface area contributed by atoms with Gasteiger partial charge in [0.1, 0.15) is 23.5 Å². The molecular formula is C29H42N6O9. The molecule has 1 aromatic carbocycles. The van der Waals surface area contributed by atoms with E-state index < -0.39 is 72.8 Å². The summed E-state index contributed by atoms with van der Waals surface area (Å²) in [6.45, 7) is 9.27. The Bertz CT molecular complexity index is 1180. The number of urea groups is 1. The van der Waals surface area contributed by atoms with Gasteiger partial charge in [0.25, 0.3) is 5.91 Å². The summed E-state index contributed by atoms with van der Waals surface area (Å²) in [5, 5.41) is 24.2. The Labute approximate surface area is 255 Å². The Morgan fingerprint density at radius 3 is 2.18 bits per heavy atom. The molecule has 0 heterocycles. The summed E-state index contributed by atoms with van der Waals surface area (Å²) in [5.74, 6) is -1.28. The first-order valence-corrected chi connectivity index (χ1v) is 14.1. The maximum absolute atomic E-state index is 13.6. The van der Waals surface area contributed by atoms with E-state index in [1.165, 1.54) is 19.3 Å². The zero-order valence-electron chi connectivity index (χ0n) is 24.9. The number of carbonyl (C=O) groups excluding carboxylic acids is 5. The van der Waals surface area contributed by atoms with Crippen LogP contribution in [0.1, 0.15) is 31.7 Å². The predicted molar refractivity (Wildman–Crippen MR) is 160 cm³/mol. The highest BCUT2D eigenvalue weighted by atomic mass is 16.6. The molecule has 0 bridgehead atoms. The third kappa shape index (κ3) is 10.8. The van der Waals surface area contributed by atoms with E-state index in [2.05, 4.69) is 39.7 Å². The third-order valence-electron chi connectivity index (χ3n) is 6.66. The van der Waals surface area contributed by atoms with Gasteiger partial charge in [0.05, 0.1) is 13.2 Å². The van der Waals surface area contributed by atoms with Gasteiger partial charge >= 0.3 is 18.2 Å². The van der Waals surface area contributed by atoms with E-state index in [0.717, 1.165) is 0 Å². The molecule has 5 atom stereocenters. The molecule has 0 spiro atoms. The lowest BCUT2D eigenvalue weighted by Crippen LogP contribution is -2.66. The zero-order chi connectivity index (χ0) is 32.7. The van der Waals surface area contributed by atoms with Gasteiger partial charge in [0.2, 0.25) is 5.91 Å². The molecule has 1 aliphatic carbocycles. The second-order valence-electron chi connectivity index (χ2n) is 10.1. The van der Waals surface area contributed by atoms with Crippen LogP contribution < -0.4 is 37.1 Å². The van der Waals surface area contributed by atoms with Crippen molar-refractivity contribution in [1.82, 2.24) is 26.6 Å². The normalized spacial score (nSPS) is 21.4. The van der Waals surface area contributed by atoms with Crippen molar-refractivity contribution in [3.8, 4) is 5.75 Å². The van der Waals surface area contributed by atoms with Gasteiger partial charge < -0.3 is 51.6 Å². The Balaban J connectivity index is 2.39. The van der Waals surface area contributed by atoms with Crippen molar-refractivity contribution >= 4 is 30.0 Å². The molecule has 0 aliphatic heterocycles. The first-order chi connectivity index (χ1) is 21.0. The average Bonchev–Trinajstić information content (AvgIpc) is 2.99. The summed E-state index contributed by atoms with van der Waals surface area (Å²) in [6, 6.07) is 3.60. The lowest BCUT2D eigenvalue weighted by molar-refractivity contribution is -0.159. The standard InChI is InChI=1S/C29H42N6O9/c1-5-12-31-26(38)35-21-16-29(41,25(37)34-20(24(30)36)15-18-8-10-19(42-4)11-9-18)17-22(43-27(39)32-13-6-2)23(21)44-28(40)33-14-7-3/h6-11,20-23,41H,2-3,5,12-17H2,1,4H3,(H2,30,36)(H,32,39)(H,33,40)(H,34,37)(H2,31,35,38). The summed E-state index contributed by atoms with van der Waals surface area (Å²) in [6.07, 6.45) is -2.22. The van der Waals surface area contributed by atoms with Crippen molar-refractivity contribution in [2.24, 2.45) is 5.73 Å².